The molecule has 0 heterocycles. The van der Waals surface area contributed by atoms with Crippen LogP contribution >= 0.6 is 0 Å². The fourth-order valence-electron chi connectivity index (χ4n) is 3.75. The lowest BCUT2D eigenvalue weighted by Crippen LogP contribution is -2.04. The van der Waals surface area contributed by atoms with Crippen molar-refractivity contribution in [2.45, 2.75) is 13.5 Å². The van der Waals surface area contributed by atoms with Crippen molar-refractivity contribution in [1.82, 2.24) is 0 Å². The summed E-state index contributed by atoms with van der Waals surface area (Å²) in [6.45, 7) is 2.53. The Labute approximate surface area is 171 Å². The van der Waals surface area contributed by atoms with Crippen molar-refractivity contribution in [3.63, 3.8) is 0 Å². The molecular weight excluding hydrogens is 358 g/mol. The van der Waals surface area contributed by atoms with Crippen molar-refractivity contribution >= 4 is 16.5 Å². The minimum atomic E-state index is 0.439. The third-order valence-corrected chi connectivity index (χ3v) is 5.27. The van der Waals surface area contributed by atoms with Gasteiger partial charge in [-0.15, -0.1) is 0 Å². The number of methoxy groups -OCH3 is 1. The van der Waals surface area contributed by atoms with E-state index in [1.807, 2.05) is 25.2 Å². The molecule has 146 valence electrons. The summed E-state index contributed by atoms with van der Waals surface area (Å²) in [7, 11) is 3.59. The maximum atomic E-state index is 6.17. The number of benzene rings is 4. The highest BCUT2D eigenvalue weighted by Gasteiger charge is 2.11. The van der Waals surface area contributed by atoms with Gasteiger partial charge in [-0.3, -0.25) is 0 Å². The third-order valence-electron chi connectivity index (χ3n) is 5.27. The van der Waals surface area contributed by atoms with E-state index in [0.29, 0.717) is 6.61 Å². The Hall–Kier alpha value is -3.46. The van der Waals surface area contributed by atoms with Gasteiger partial charge in [0.05, 0.1) is 12.7 Å². The number of fused-ring (bicyclic) bond motifs is 1. The molecule has 4 rings (SSSR count). The summed E-state index contributed by atoms with van der Waals surface area (Å²) in [6.07, 6.45) is 0. The number of nitrogens with one attached hydrogen (secondary N) is 1. The van der Waals surface area contributed by atoms with Gasteiger partial charge in [-0.25, -0.2) is 0 Å². The lowest BCUT2D eigenvalue weighted by atomic mass is 9.97. The summed E-state index contributed by atoms with van der Waals surface area (Å²) >= 11 is 0. The number of rotatable bonds is 6. The van der Waals surface area contributed by atoms with E-state index in [2.05, 4.69) is 72.9 Å². The highest BCUT2D eigenvalue weighted by molar-refractivity contribution is 5.96. The Morgan fingerprint density at radius 2 is 1.62 bits per heavy atom. The molecule has 0 saturated heterocycles. The Morgan fingerprint density at radius 3 is 2.41 bits per heavy atom. The standard InChI is InChI=1S/C26H25NO2/c1-18-16-20(22-11-6-9-19-8-4-5-10-21(19)22)14-15-25(18)29-17-23-24(27-2)12-7-13-26(23)28-3/h4-16,27H,17H2,1-3H3. The molecule has 0 aromatic heterocycles. The number of ether oxygens (including phenoxy) is 2. The number of aryl methyl sites for hydroxylation is 1. The first-order valence-electron chi connectivity index (χ1n) is 9.76. The molecule has 0 saturated carbocycles. The summed E-state index contributed by atoms with van der Waals surface area (Å²) in [5, 5.41) is 5.72. The minimum Gasteiger partial charge on any atom is -0.496 e. The largest absolute Gasteiger partial charge is 0.496 e. The van der Waals surface area contributed by atoms with Crippen molar-refractivity contribution in [3.05, 3.63) is 90.0 Å². The molecule has 4 aromatic carbocycles. The van der Waals surface area contributed by atoms with Crippen LogP contribution in [-0.4, -0.2) is 14.2 Å². The monoisotopic (exact) mass is 383 g/mol. The van der Waals surface area contributed by atoms with Crippen molar-refractivity contribution in [2.24, 2.45) is 0 Å². The highest BCUT2D eigenvalue weighted by Crippen LogP contribution is 2.33. The zero-order chi connectivity index (χ0) is 20.2. The molecule has 0 spiro atoms. The maximum Gasteiger partial charge on any atom is 0.127 e. The summed E-state index contributed by atoms with van der Waals surface area (Å²) in [5.74, 6) is 1.70. The molecule has 0 atom stereocenters. The van der Waals surface area contributed by atoms with Crippen LogP contribution in [0.1, 0.15) is 11.1 Å². The molecule has 0 bridgehead atoms. The molecular formula is C26H25NO2. The Bertz CT molecular complexity index is 1120. The van der Waals surface area contributed by atoms with Crippen LogP contribution in [0.5, 0.6) is 11.5 Å². The van der Waals surface area contributed by atoms with Gasteiger partial charge >= 0.3 is 0 Å². The lowest BCUT2D eigenvalue weighted by Gasteiger charge is -2.16. The van der Waals surface area contributed by atoms with E-state index in [1.54, 1.807) is 7.11 Å². The lowest BCUT2D eigenvalue weighted by molar-refractivity contribution is 0.295. The van der Waals surface area contributed by atoms with Gasteiger partial charge in [-0.05, 0) is 58.7 Å². The third kappa shape index (κ3) is 3.77. The quantitative estimate of drug-likeness (QED) is 0.415. The van der Waals surface area contributed by atoms with E-state index in [1.165, 1.54) is 21.9 Å². The van der Waals surface area contributed by atoms with Crippen LogP contribution in [0.3, 0.4) is 0 Å². The van der Waals surface area contributed by atoms with E-state index < -0.39 is 0 Å². The summed E-state index contributed by atoms with van der Waals surface area (Å²) in [4.78, 5) is 0. The second-order valence-electron chi connectivity index (χ2n) is 7.03. The van der Waals surface area contributed by atoms with E-state index in [4.69, 9.17) is 9.47 Å². The van der Waals surface area contributed by atoms with Crippen molar-refractivity contribution in [2.75, 3.05) is 19.5 Å². The topological polar surface area (TPSA) is 30.5 Å². The molecule has 0 aliphatic rings. The Balaban J connectivity index is 1.62. The smallest absolute Gasteiger partial charge is 0.127 e. The Morgan fingerprint density at radius 1 is 0.828 bits per heavy atom. The fourth-order valence-corrected chi connectivity index (χ4v) is 3.75. The predicted molar refractivity (Wildman–Crippen MR) is 121 cm³/mol. The normalized spacial score (nSPS) is 10.7. The second kappa shape index (κ2) is 8.27. The molecule has 4 aromatic rings. The van der Waals surface area contributed by atoms with E-state index in [0.717, 1.165) is 28.3 Å². The molecule has 3 nitrogen and oxygen atoms in total. The van der Waals surface area contributed by atoms with Crippen molar-refractivity contribution < 1.29 is 9.47 Å². The summed E-state index contributed by atoms with van der Waals surface area (Å²) < 4.78 is 11.7. The van der Waals surface area contributed by atoms with Gasteiger partial charge in [0.15, 0.2) is 0 Å². The molecule has 29 heavy (non-hydrogen) atoms. The first kappa shape index (κ1) is 18.9. The molecule has 0 aliphatic carbocycles. The van der Waals surface area contributed by atoms with E-state index in [-0.39, 0.29) is 0 Å². The first-order valence-corrected chi connectivity index (χ1v) is 9.76. The van der Waals surface area contributed by atoms with Crippen LogP contribution in [0.4, 0.5) is 5.69 Å². The summed E-state index contributed by atoms with van der Waals surface area (Å²) in [6, 6.07) is 27.2. The average molecular weight is 383 g/mol. The van der Waals surface area contributed by atoms with Gasteiger partial charge in [-0.2, -0.15) is 0 Å². The van der Waals surface area contributed by atoms with E-state index in [9.17, 15) is 0 Å². The Kier molecular flexibility index (Phi) is 5.39. The molecule has 1 N–H and O–H groups in total. The second-order valence-corrected chi connectivity index (χ2v) is 7.03. The van der Waals surface area contributed by atoms with Gasteiger partial charge in [0.1, 0.15) is 18.1 Å². The molecule has 3 heteroatoms. The molecule has 0 aliphatic heterocycles. The minimum absolute atomic E-state index is 0.439. The maximum absolute atomic E-state index is 6.17. The van der Waals surface area contributed by atoms with E-state index >= 15 is 0 Å². The SMILES string of the molecule is CNc1cccc(OC)c1COc1ccc(-c2cccc3ccccc23)cc1C. The van der Waals surface area contributed by atoms with Crippen LogP contribution in [0.15, 0.2) is 78.9 Å². The highest BCUT2D eigenvalue weighted by atomic mass is 16.5. The summed E-state index contributed by atoms with van der Waals surface area (Å²) in [5.41, 5.74) is 5.56. The zero-order valence-corrected chi connectivity index (χ0v) is 17.0. The number of anilines is 1. The van der Waals surface area contributed by atoms with Crippen LogP contribution in [0.25, 0.3) is 21.9 Å². The first-order chi connectivity index (χ1) is 14.2. The van der Waals surface area contributed by atoms with Gasteiger partial charge in [0.25, 0.3) is 0 Å². The fraction of sp³-hybridized carbons (Fsp3) is 0.154. The van der Waals surface area contributed by atoms with Gasteiger partial charge in [0.2, 0.25) is 0 Å². The van der Waals surface area contributed by atoms with Gasteiger partial charge < -0.3 is 14.8 Å². The molecule has 0 unspecified atom stereocenters. The van der Waals surface area contributed by atoms with Crippen molar-refractivity contribution in [1.29, 1.82) is 0 Å². The molecule has 0 amide bonds. The average Bonchev–Trinajstić information content (AvgIpc) is 2.77. The molecule has 0 fully saturated rings. The van der Waals surface area contributed by atoms with Crippen LogP contribution in [0, 0.1) is 6.92 Å². The van der Waals surface area contributed by atoms with Crippen LogP contribution in [-0.2, 0) is 6.61 Å². The van der Waals surface area contributed by atoms with Gasteiger partial charge in [0, 0.05) is 12.7 Å². The van der Waals surface area contributed by atoms with Crippen LogP contribution in [0.2, 0.25) is 0 Å². The number of hydrogen-bond donors (Lipinski definition) is 1. The van der Waals surface area contributed by atoms with Crippen molar-refractivity contribution in [3.8, 4) is 22.6 Å². The predicted octanol–water partition coefficient (Wildman–Crippen LogP) is 6.44. The van der Waals surface area contributed by atoms with Crippen LogP contribution < -0.4 is 14.8 Å². The number of hydrogen-bond acceptors (Lipinski definition) is 3. The van der Waals surface area contributed by atoms with Gasteiger partial charge in [-0.1, -0.05) is 54.6 Å². The zero-order valence-electron chi connectivity index (χ0n) is 17.0. The molecule has 0 radical (unpaired) electrons.